The van der Waals surface area contributed by atoms with Crippen molar-refractivity contribution in [3.05, 3.63) is 65.5 Å². The molecule has 2 unspecified atom stereocenters. The predicted molar refractivity (Wildman–Crippen MR) is 145 cm³/mol. The fraction of sp³-hybridized carbons (Fsp3) is 0.464. The summed E-state index contributed by atoms with van der Waals surface area (Å²) in [7, 11) is -4.25. The van der Waals surface area contributed by atoms with E-state index in [4.69, 9.17) is 9.47 Å². The van der Waals surface area contributed by atoms with Crippen molar-refractivity contribution < 1.29 is 36.7 Å². The lowest BCUT2D eigenvalue weighted by Crippen LogP contribution is -2.51. The first-order chi connectivity index (χ1) is 19.8. The number of carbonyl (C=O) groups excluding carboxylic acids is 3. The number of benzene rings is 2. The minimum absolute atomic E-state index is 0.00967. The zero-order chi connectivity index (χ0) is 29.0. The molecule has 0 spiro atoms. The van der Waals surface area contributed by atoms with E-state index in [1.54, 1.807) is 6.07 Å². The molecule has 11 nitrogen and oxygen atoms in total. The van der Waals surface area contributed by atoms with Crippen molar-refractivity contribution in [1.82, 2.24) is 19.4 Å². The number of fused-ring (bicyclic) bond motifs is 1. The lowest BCUT2D eigenvalue weighted by Gasteiger charge is -2.35. The number of nitrogens with one attached hydrogen (secondary N) is 1. The Bertz CT molecular complexity index is 1380. The Hall–Kier alpha value is -3.39. The standard InChI is InChI=1S/C28H33FN4O7S/c29-21-9-7-20(8-10-21)26(27(35)30-18-22-4-3-15-40-22)32(12-11-31-13-16-39-17-14-31)25(34)19-33-28(36)23-5-1-2-6-24(23)41(33,37)38/h1-2,5-10,22,26H,3-4,11-19H2,(H,30,35). The normalized spacial score (nSPS) is 21.0. The van der Waals surface area contributed by atoms with Crippen LogP contribution in [-0.4, -0.2) is 105 Å². The summed E-state index contributed by atoms with van der Waals surface area (Å²) < 4.78 is 51.8. The van der Waals surface area contributed by atoms with Gasteiger partial charge in [-0.2, -0.15) is 0 Å². The Morgan fingerprint density at radius 2 is 1.80 bits per heavy atom. The summed E-state index contributed by atoms with van der Waals surface area (Å²) in [6.07, 6.45) is 1.51. The number of amides is 3. The van der Waals surface area contributed by atoms with Crippen LogP contribution in [0.3, 0.4) is 0 Å². The van der Waals surface area contributed by atoms with Gasteiger partial charge in [0, 0.05) is 39.3 Å². The third-order valence-corrected chi connectivity index (χ3v) is 9.33. The van der Waals surface area contributed by atoms with E-state index in [0.29, 0.717) is 49.3 Å². The molecule has 5 rings (SSSR count). The van der Waals surface area contributed by atoms with Crippen molar-refractivity contribution >= 4 is 27.7 Å². The molecule has 0 aliphatic carbocycles. The van der Waals surface area contributed by atoms with Crippen LogP contribution in [0.4, 0.5) is 4.39 Å². The molecule has 3 aliphatic rings. The molecule has 3 amide bonds. The predicted octanol–water partition coefficient (Wildman–Crippen LogP) is 1.17. The van der Waals surface area contributed by atoms with E-state index >= 15 is 0 Å². The number of ether oxygens (including phenoxy) is 2. The molecule has 0 saturated carbocycles. The number of morpholine rings is 1. The second-order valence-corrected chi connectivity index (χ2v) is 12.0. The molecule has 13 heteroatoms. The fourth-order valence-corrected chi connectivity index (χ4v) is 6.83. The van der Waals surface area contributed by atoms with Crippen molar-refractivity contribution in [2.75, 3.05) is 59.1 Å². The van der Waals surface area contributed by atoms with Gasteiger partial charge >= 0.3 is 0 Å². The first-order valence-corrected chi connectivity index (χ1v) is 15.1. The van der Waals surface area contributed by atoms with Gasteiger partial charge in [-0.05, 0) is 42.7 Å². The van der Waals surface area contributed by atoms with Crippen LogP contribution in [0.5, 0.6) is 0 Å². The molecular weight excluding hydrogens is 555 g/mol. The molecule has 2 fully saturated rings. The molecule has 2 aromatic rings. The smallest absolute Gasteiger partial charge is 0.269 e. The molecule has 220 valence electrons. The van der Waals surface area contributed by atoms with Crippen LogP contribution in [0, 0.1) is 5.82 Å². The highest BCUT2D eigenvalue weighted by Gasteiger charge is 2.43. The second-order valence-electron chi connectivity index (χ2n) is 10.2. The molecule has 0 bridgehead atoms. The van der Waals surface area contributed by atoms with Crippen molar-refractivity contribution in [1.29, 1.82) is 0 Å². The van der Waals surface area contributed by atoms with Crippen molar-refractivity contribution in [2.24, 2.45) is 0 Å². The third-order valence-electron chi connectivity index (χ3n) is 7.55. The van der Waals surface area contributed by atoms with Gasteiger partial charge in [-0.15, -0.1) is 0 Å². The van der Waals surface area contributed by atoms with E-state index in [-0.39, 0.29) is 29.7 Å². The van der Waals surface area contributed by atoms with E-state index in [1.807, 2.05) is 0 Å². The second kappa shape index (κ2) is 12.6. The van der Waals surface area contributed by atoms with E-state index in [9.17, 15) is 27.2 Å². The topological polar surface area (TPSA) is 126 Å². The Kier molecular flexibility index (Phi) is 8.97. The van der Waals surface area contributed by atoms with Crippen molar-refractivity contribution in [3.8, 4) is 0 Å². The Morgan fingerprint density at radius 1 is 1.07 bits per heavy atom. The monoisotopic (exact) mass is 588 g/mol. The summed E-state index contributed by atoms with van der Waals surface area (Å²) in [6, 6.07) is 9.83. The maximum absolute atomic E-state index is 13.9. The molecule has 3 heterocycles. The average molecular weight is 589 g/mol. The number of hydrogen-bond acceptors (Lipinski definition) is 8. The molecule has 41 heavy (non-hydrogen) atoms. The van der Waals surface area contributed by atoms with Crippen molar-refractivity contribution in [3.63, 3.8) is 0 Å². The lowest BCUT2D eigenvalue weighted by atomic mass is 10.0. The van der Waals surface area contributed by atoms with Crippen LogP contribution in [0.2, 0.25) is 0 Å². The highest BCUT2D eigenvalue weighted by atomic mass is 32.2. The molecule has 2 atom stereocenters. The summed E-state index contributed by atoms with van der Waals surface area (Å²) in [4.78, 5) is 43.9. The fourth-order valence-electron chi connectivity index (χ4n) is 5.31. The minimum atomic E-state index is -4.25. The molecule has 0 radical (unpaired) electrons. The molecule has 2 aromatic carbocycles. The van der Waals surface area contributed by atoms with Gasteiger partial charge in [0.2, 0.25) is 11.8 Å². The number of sulfonamides is 1. The maximum Gasteiger partial charge on any atom is 0.269 e. The molecular formula is C28H33FN4O7S. The Labute approximate surface area is 238 Å². The Balaban J connectivity index is 1.44. The third kappa shape index (κ3) is 6.43. The average Bonchev–Trinajstić information content (AvgIpc) is 3.57. The van der Waals surface area contributed by atoms with Gasteiger partial charge in [-0.25, -0.2) is 17.1 Å². The SMILES string of the molecule is O=C(NCC1CCCO1)C(c1ccc(F)cc1)N(CCN1CCOCC1)C(=O)CN1C(=O)c2ccccc2S1(=O)=O. The van der Waals surface area contributed by atoms with Crippen molar-refractivity contribution in [2.45, 2.75) is 29.9 Å². The maximum atomic E-state index is 13.9. The van der Waals surface area contributed by atoms with Gasteiger partial charge in [0.05, 0.1) is 24.9 Å². The van der Waals surface area contributed by atoms with Crippen LogP contribution in [0.15, 0.2) is 53.4 Å². The first-order valence-electron chi connectivity index (χ1n) is 13.7. The van der Waals surface area contributed by atoms with E-state index in [2.05, 4.69) is 10.2 Å². The van der Waals surface area contributed by atoms with E-state index < -0.39 is 46.1 Å². The quantitative estimate of drug-likeness (QED) is 0.439. The molecule has 0 aromatic heterocycles. The number of carbonyl (C=O) groups is 3. The first kappa shape index (κ1) is 29.1. The summed E-state index contributed by atoms with van der Waals surface area (Å²) in [6.45, 7) is 2.80. The molecule has 2 saturated heterocycles. The number of halogens is 1. The van der Waals surface area contributed by atoms with Crippen LogP contribution in [-0.2, 0) is 29.1 Å². The van der Waals surface area contributed by atoms with Gasteiger partial charge in [-0.3, -0.25) is 19.3 Å². The zero-order valence-corrected chi connectivity index (χ0v) is 23.4. The van der Waals surface area contributed by atoms with Crippen LogP contribution >= 0.6 is 0 Å². The summed E-state index contributed by atoms with van der Waals surface area (Å²) >= 11 is 0. The Morgan fingerprint density at radius 3 is 2.49 bits per heavy atom. The minimum Gasteiger partial charge on any atom is -0.379 e. The summed E-state index contributed by atoms with van der Waals surface area (Å²) in [5.41, 5.74) is 0.343. The highest BCUT2D eigenvalue weighted by Crippen LogP contribution is 2.31. The van der Waals surface area contributed by atoms with E-state index in [0.717, 1.165) is 12.8 Å². The lowest BCUT2D eigenvalue weighted by molar-refractivity contribution is -0.141. The van der Waals surface area contributed by atoms with Gasteiger partial charge in [0.15, 0.2) is 0 Å². The van der Waals surface area contributed by atoms with Gasteiger partial charge in [-0.1, -0.05) is 24.3 Å². The number of hydrogen-bond donors (Lipinski definition) is 1. The van der Waals surface area contributed by atoms with Gasteiger partial charge in [0.25, 0.3) is 15.9 Å². The molecule has 1 N–H and O–H groups in total. The summed E-state index contributed by atoms with van der Waals surface area (Å²) in [5.74, 6) is -2.56. The molecule has 3 aliphatic heterocycles. The van der Waals surface area contributed by atoms with Gasteiger partial charge < -0.3 is 19.7 Å². The highest BCUT2D eigenvalue weighted by molar-refractivity contribution is 7.90. The largest absolute Gasteiger partial charge is 0.379 e. The van der Waals surface area contributed by atoms with Gasteiger partial charge in [0.1, 0.15) is 23.3 Å². The zero-order valence-electron chi connectivity index (χ0n) is 22.5. The van der Waals surface area contributed by atoms with E-state index in [1.165, 1.54) is 47.4 Å². The summed E-state index contributed by atoms with van der Waals surface area (Å²) in [5, 5.41) is 2.86. The number of nitrogens with zero attached hydrogens (tertiary/aromatic N) is 3. The number of rotatable bonds is 10. The van der Waals surface area contributed by atoms with Crippen LogP contribution in [0.25, 0.3) is 0 Å². The van der Waals surface area contributed by atoms with Crippen LogP contribution < -0.4 is 5.32 Å². The van der Waals surface area contributed by atoms with Crippen LogP contribution in [0.1, 0.15) is 34.8 Å².